The Morgan fingerprint density at radius 2 is 2.28 bits per heavy atom. The first-order chi connectivity index (χ1) is 12.0. The molecule has 0 radical (unpaired) electrons. The van der Waals surface area contributed by atoms with Crippen molar-refractivity contribution in [3.05, 3.63) is 29.6 Å². The third-order valence-electron chi connectivity index (χ3n) is 5.06. The zero-order valence-corrected chi connectivity index (χ0v) is 14.7. The number of piperidine rings is 1. The Morgan fingerprint density at radius 3 is 3.08 bits per heavy atom. The van der Waals surface area contributed by atoms with Crippen LogP contribution >= 0.6 is 0 Å². The molecular formula is C19H26FN3O2. The standard InChI is InChI=1S/C19H26FN3O2/c1-13-4-2-8-23(12-13)9-3-7-21-19(25)16-11-18(24)22-17-10-14(20)5-6-15(16)17/h5-6,10,13,16H,2-4,7-9,11-12H2,1H3,(H,21,25)(H,22,24). The number of rotatable bonds is 5. The fraction of sp³-hybridized carbons (Fsp3) is 0.579. The molecule has 2 amide bonds. The van der Waals surface area contributed by atoms with Gasteiger partial charge in [-0.25, -0.2) is 4.39 Å². The molecule has 25 heavy (non-hydrogen) atoms. The highest BCUT2D eigenvalue weighted by Gasteiger charge is 2.30. The summed E-state index contributed by atoms with van der Waals surface area (Å²) in [6, 6.07) is 4.18. The molecule has 3 rings (SSSR count). The van der Waals surface area contributed by atoms with Crippen molar-refractivity contribution in [1.82, 2.24) is 10.2 Å². The van der Waals surface area contributed by atoms with Crippen molar-refractivity contribution in [3.63, 3.8) is 0 Å². The van der Waals surface area contributed by atoms with Crippen LogP contribution in [0, 0.1) is 11.7 Å². The van der Waals surface area contributed by atoms with Gasteiger partial charge in [-0.1, -0.05) is 13.0 Å². The first-order valence-corrected chi connectivity index (χ1v) is 9.12. The lowest BCUT2D eigenvalue weighted by molar-refractivity contribution is -0.126. The second-order valence-corrected chi connectivity index (χ2v) is 7.23. The molecule has 2 N–H and O–H groups in total. The quantitative estimate of drug-likeness (QED) is 0.805. The van der Waals surface area contributed by atoms with E-state index < -0.39 is 11.7 Å². The van der Waals surface area contributed by atoms with E-state index in [4.69, 9.17) is 0 Å². The topological polar surface area (TPSA) is 61.4 Å². The maximum atomic E-state index is 13.3. The molecule has 1 aromatic carbocycles. The zero-order chi connectivity index (χ0) is 17.8. The van der Waals surface area contributed by atoms with Crippen LogP contribution in [0.2, 0.25) is 0 Å². The summed E-state index contributed by atoms with van der Waals surface area (Å²) < 4.78 is 13.3. The van der Waals surface area contributed by atoms with Gasteiger partial charge in [0, 0.05) is 25.2 Å². The molecule has 2 unspecified atom stereocenters. The fourth-order valence-corrected chi connectivity index (χ4v) is 3.80. The van der Waals surface area contributed by atoms with Crippen LogP contribution in [0.5, 0.6) is 0 Å². The molecule has 2 aliphatic rings. The third kappa shape index (κ3) is 4.57. The summed E-state index contributed by atoms with van der Waals surface area (Å²) in [6.45, 7) is 6.13. The number of likely N-dealkylation sites (tertiary alicyclic amines) is 1. The normalized spacial score (nSPS) is 23.7. The molecule has 5 nitrogen and oxygen atoms in total. The van der Waals surface area contributed by atoms with E-state index in [2.05, 4.69) is 22.5 Å². The summed E-state index contributed by atoms with van der Waals surface area (Å²) in [5.74, 6) is -0.619. The maximum Gasteiger partial charge on any atom is 0.228 e. The van der Waals surface area contributed by atoms with Crippen LogP contribution < -0.4 is 10.6 Å². The zero-order valence-electron chi connectivity index (χ0n) is 14.7. The monoisotopic (exact) mass is 347 g/mol. The van der Waals surface area contributed by atoms with Gasteiger partial charge in [-0.15, -0.1) is 0 Å². The van der Waals surface area contributed by atoms with Gasteiger partial charge in [0.2, 0.25) is 11.8 Å². The predicted molar refractivity (Wildman–Crippen MR) is 94.9 cm³/mol. The summed E-state index contributed by atoms with van der Waals surface area (Å²) in [5.41, 5.74) is 1.09. The van der Waals surface area contributed by atoms with Gasteiger partial charge in [0.25, 0.3) is 0 Å². The van der Waals surface area contributed by atoms with Crippen LogP contribution in [0.25, 0.3) is 0 Å². The number of fused-ring (bicyclic) bond motifs is 1. The Kier molecular flexibility index (Phi) is 5.68. The summed E-state index contributed by atoms with van der Waals surface area (Å²) in [4.78, 5) is 26.7. The van der Waals surface area contributed by atoms with E-state index in [-0.39, 0.29) is 18.2 Å². The molecule has 1 fully saturated rings. The van der Waals surface area contributed by atoms with Crippen LogP contribution in [0.1, 0.15) is 44.1 Å². The molecular weight excluding hydrogens is 321 g/mol. The summed E-state index contributed by atoms with van der Waals surface area (Å²) in [6.07, 6.45) is 3.55. The van der Waals surface area contributed by atoms with E-state index in [1.54, 1.807) is 6.07 Å². The summed E-state index contributed by atoms with van der Waals surface area (Å²) in [5, 5.41) is 5.57. The number of benzene rings is 1. The third-order valence-corrected chi connectivity index (χ3v) is 5.06. The minimum Gasteiger partial charge on any atom is -0.356 e. The second-order valence-electron chi connectivity index (χ2n) is 7.23. The van der Waals surface area contributed by atoms with E-state index in [0.717, 1.165) is 32.0 Å². The van der Waals surface area contributed by atoms with Crippen molar-refractivity contribution in [1.29, 1.82) is 0 Å². The predicted octanol–water partition coefficient (Wildman–Crippen LogP) is 2.49. The van der Waals surface area contributed by atoms with Crippen molar-refractivity contribution >= 4 is 17.5 Å². The van der Waals surface area contributed by atoms with E-state index in [1.165, 1.54) is 25.0 Å². The molecule has 0 bridgehead atoms. The van der Waals surface area contributed by atoms with Gasteiger partial charge >= 0.3 is 0 Å². The number of amides is 2. The molecule has 0 aliphatic carbocycles. The van der Waals surface area contributed by atoms with Crippen LogP contribution in [-0.4, -0.2) is 42.9 Å². The lowest BCUT2D eigenvalue weighted by Gasteiger charge is -2.30. The van der Waals surface area contributed by atoms with E-state index in [0.29, 0.717) is 17.8 Å². The largest absolute Gasteiger partial charge is 0.356 e. The molecule has 0 aromatic heterocycles. The van der Waals surface area contributed by atoms with Gasteiger partial charge in [-0.2, -0.15) is 0 Å². The number of hydrogen-bond donors (Lipinski definition) is 2. The van der Waals surface area contributed by atoms with Gasteiger partial charge in [-0.05, 0) is 56.0 Å². The lowest BCUT2D eigenvalue weighted by atomic mass is 9.89. The summed E-state index contributed by atoms with van der Waals surface area (Å²) in [7, 11) is 0. The Labute approximate surface area is 148 Å². The van der Waals surface area contributed by atoms with Crippen molar-refractivity contribution in [2.45, 2.75) is 38.5 Å². The number of nitrogens with zero attached hydrogens (tertiary/aromatic N) is 1. The number of anilines is 1. The van der Waals surface area contributed by atoms with Gasteiger partial charge in [0.1, 0.15) is 5.82 Å². The number of halogens is 1. The SMILES string of the molecule is CC1CCCN(CCCNC(=O)C2CC(=O)Nc3cc(F)ccc32)C1. The molecule has 1 saturated heterocycles. The number of carbonyl (C=O) groups is 2. The van der Waals surface area contributed by atoms with Crippen molar-refractivity contribution in [3.8, 4) is 0 Å². The number of hydrogen-bond acceptors (Lipinski definition) is 3. The molecule has 2 atom stereocenters. The minimum absolute atomic E-state index is 0.105. The molecule has 1 aromatic rings. The Bertz CT molecular complexity index is 650. The molecule has 0 spiro atoms. The minimum atomic E-state index is -0.542. The van der Waals surface area contributed by atoms with E-state index in [9.17, 15) is 14.0 Å². The van der Waals surface area contributed by atoms with Gasteiger partial charge in [0.05, 0.1) is 5.92 Å². The number of carbonyl (C=O) groups excluding carboxylic acids is 2. The Hall–Kier alpha value is -1.95. The maximum absolute atomic E-state index is 13.3. The number of nitrogens with one attached hydrogen (secondary N) is 2. The fourth-order valence-electron chi connectivity index (χ4n) is 3.80. The summed E-state index contributed by atoms with van der Waals surface area (Å²) >= 11 is 0. The average Bonchev–Trinajstić information content (AvgIpc) is 2.57. The molecule has 136 valence electrons. The van der Waals surface area contributed by atoms with Gasteiger partial charge in [-0.3, -0.25) is 9.59 Å². The highest BCUT2D eigenvalue weighted by atomic mass is 19.1. The van der Waals surface area contributed by atoms with Crippen molar-refractivity contribution in [2.75, 3.05) is 31.5 Å². The average molecular weight is 347 g/mol. The van der Waals surface area contributed by atoms with Gasteiger partial charge < -0.3 is 15.5 Å². The molecule has 0 saturated carbocycles. The van der Waals surface area contributed by atoms with Crippen LogP contribution in [0.4, 0.5) is 10.1 Å². The van der Waals surface area contributed by atoms with E-state index >= 15 is 0 Å². The Balaban J connectivity index is 1.51. The van der Waals surface area contributed by atoms with Crippen molar-refractivity contribution in [2.24, 2.45) is 5.92 Å². The molecule has 2 aliphatic heterocycles. The van der Waals surface area contributed by atoms with E-state index in [1.807, 2.05) is 0 Å². The first kappa shape index (κ1) is 17.9. The molecule has 6 heteroatoms. The van der Waals surface area contributed by atoms with Crippen LogP contribution in [0.15, 0.2) is 18.2 Å². The van der Waals surface area contributed by atoms with Crippen LogP contribution in [-0.2, 0) is 9.59 Å². The Morgan fingerprint density at radius 1 is 1.44 bits per heavy atom. The first-order valence-electron chi connectivity index (χ1n) is 9.12. The van der Waals surface area contributed by atoms with Crippen LogP contribution in [0.3, 0.4) is 0 Å². The van der Waals surface area contributed by atoms with Crippen molar-refractivity contribution < 1.29 is 14.0 Å². The highest BCUT2D eigenvalue weighted by Crippen LogP contribution is 2.32. The highest BCUT2D eigenvalue weighted by molar-refractivity contribution is 6.01. The van der Waals surface area contributed by atoms with Gasteiger partial charge in [0.15, 0.2) is 0 Å². The smallest absolute Gasteiger partial charge is 0.228 e. The second kappa shape index (κ2) is 7.95. The lowest BCUT2D eigenvalue weighted by Crippen LogP contribution is -2.38. The molecule has 2 heterocycles.